The van der Waals surface area contributed by atoms with Crippen LogP contribution in [0.1, 0.15) is 49.9 Å². The van der Waals surface area contributed by atoms with E-state index >= 15 is 0 Å². The van der Waals surface area contributed by atoms with E-state index in [2.05, 4.69) is 29.8 Å². The van der Waals surface area contributed by atoms with Crippen molar-refractivity contribution in [3.8, 4) is 0 Å². The molecule has 1 heterocycles. The van der Waals surface area contributed by atoms with Gasteiger partial charge in [0.2, 0.25) is 0 Å². The molecule has 2 unspecified atom stereocenters. The van der Waals surface area contributed by atoms with Gasteiger partial charge in [-0.05, 0) is 43.6 Å². The van der Waals surface area contributed by atoms with Gasteiger partial charge < -0.3 is 10.4 Å². The Hall–Kier alpha value is -0.380. The Morgan fingerprint density at radius 1 is 1.47 bits per heavy atom. The van der Waals surface area contributed by atoms with Crippen molar-refractivity contribution in [1.29, 1.82) is 0 Å². The Morgan fingerprint density at radius 3 is 2.82 bits per heavy atom. The van der Waals surface area contributed by atoms with Gasteiger partial charge >= 0.3 is 0 Å². The maximum atomic E-state index is 9.01. The molecule has 17 heavy (non-hydrogen) atoms. The topological polar surface area (TPSA) is 32.3 Å². The first-order chi connectivity index (χ1) is 8.31. The highest BCUT2D eigenvalue weighted by Gasteiger charge is 2.27. The summed E-state index contributed by atoms with van der Waals surface area (Å²) in [5, 5.41) is 14.9. The van der Waals surface area contributed by atoms with Crippen LogP contribution in [0.3, 0.4) is 0 Å². The molecule has 0 spiro atoms. The highest BCUT2D eigenvalue weighted by atomic mass is 32.1. The maximum Gasteiger partial charge on any atom is 0.0445 e. The van der Waals surface area contributed by atoms with E-state index in [0.29, 0.717) is 12.1 Å². The van der Waals surface area contributed by atoms with Crippen molar-refractivity contribution in [2.75, 3.05) is 6.61 Å². The lowest BCUT2D eigenvalue weighted by molar-refractivity contribution is 0.251. The molecule has 2 rings (SSSR count). The second-order valence-electron chi connectivity index (χ2n) is 5.12. The second kappa shape index (κ2) is 6.53. The lowest BCUT2D eigenvalue weighted by atomic mass is 9.95. The lowest BCUT2D eigenvalue weighted by Gasteiger charge is -2.27. The molecule has 0 bridgehead atoms. The van der Waals surface area contributed by atoms with Gasteiger partial charge in [0.05, 0.1) is 0 Å². The normalized spacial score (nSPS) is 20.6. The van der Waals surface area contributed by atoms with Crippen LogP contribution >= 0.6 is 11.3 Å². The molecule has 96 valence electrons. The van der Waals surface area contributed by atoms with Crippen molar-refractivity contribution >= 4 is 11.3 Å². The standard InChI is InChI=1S/C14H23NOS/c1-11(8-9-16)15-14(12-5-2-3-6-12)13-7-4-10-17-13/h4,7,10-12,14-16H,2-3,5-6,8-9H2,1H3. The molecular weight excluding hydrogens is 230 g/mol. The van der Waals surface area contributed by atoms with Crippen LogP contribution in [0.5, 0.6) is 0 Å². The molecule has 1 fully saturated rings. The third kappa shape index (κ3) is 3.54. The van der Waals surface area contributed by atoms with Gasteiger partial charge in [-0.1, -0.05) is 18.9 Å². The average Bonchev–Trinajstić information content (AvgIpc) is 3.00. The fourth-order valence-electron chi connectivity index (χ4n) is 2.79. The molecular formula is C14H23NOS. The van der Waals surface area contributed by atoms with Crippen molar-refractivity contribution < 1.29 is 5.11 Å². The first-order valence-corrected chi connectivity index (χ1v) is 7.59. The summed E-state index contributed by atoms with van der Waals surface area (Å²) in [5.74, 6) is 0.787. The summed E-state index contributed by atoms with van der Waals surface area (Å²) in [6.07, 6.45) is 6.29. The molecule has 1 aromatic heterocycles. The fraction of sp³-hybridized carbons (Fsp3) is 0.714. The van der Waals surface area contributed by atoms with Crippen LogP contribution in [-0.2, 0) is 0 Å². The summed E-state index contributed by atoms with van der Waals surface area (Å²) >= 11 is 1.85. The van der Waals surface area contributed by atoms with E-state index < -0.39 is 0 Å². The van der Waals surface area contributed by atoms with Crippen LogP contribution in [0.2, 0.25) is 0 Å². The molecule has 1 saturated carbocycles. The van der Waals surface area contributed by atoms with Gasteiger partial charge in [0, 0.05) is 23.6 Å². The van der Waals surface area contributed by atoms with Crippen molar-refractivity contribution in [1.82, 2.24) is 5.32 Å². The maximum absolute atomic E-state index is 9.01. The smallest absolute Gasteiger partial charge is 0.0445 e. The number of nitrogens with one attached hydrogen (secondary N) is 1. The van der Waals surface area contributed by atoms with Crippen molar-refractivity contribution in [2.45, 2.75) is 51.1 Å². The molecule has 1 aliphatic rings. The van der Waals surface area contributed by atoms with Gasteiger partial charge in [0.15, 0.2) is 0 Å². The van der Waals surface area contributed by atoms with E-state index in [1.807, 2.05) is 11.3 Å². The zero-order valence-corrected chi connectivity index (χ0v) is 11.4. The summed E-state index contributed by atoms with van der Waals surface area (Å²) in [4.78, 5) is 1.46. The number of thiophene rings is 1. The van der Waals surface area contributed by atoms with Gasteiger partial charge in [0.25, 0.3) is 0 Å². The van der Waals surface area contributed by atoms with Gasteiger partial charge in [-0.2, -0.15) is 0 Å². The minimum Gasteiger partial charge on any atom is -0.396 e. The molecule has 1 aliphatic carbocycles. The number of aliphatic hydroxyl groups excluding tert-OH is 1. The zero-order chi connectivity index (χ0) is 12.1. The molecule has 0 aromatic carbocycles. The van der Waals surface area contributed by atoms with E-state index in [1.165, 1.54) is 30.6 Å². The van der Waals surface area contributed by atoms with E-state index in [9.17, 15) is 0 Å². The summed E-state index contributed by atoms with van der Waals surface area (Å²) in [7, 11) is 0. The van der Waals surface area contributed by atoms with Gasteiger partial charge in [-0.15, -0.1) is 11.3 Å². The summed E-state index contributed by atoms with van der Waals surface area (Å²) in [5.41, 5.74) is 0. The van der Waals surface area contributed by atoms with Gasteiger partial charge in [0.1, 0.15) is 0 Å². The Balaban J connectivity index is 2.02. The lowest BCUT2D eigenvalue weighted by Crippen LogP contribution is -2.34. The first kappa shape index (κ1) is 13.1. The zero-order valence-electron chi connectivity index (χ0n) is 10.6. The Kier molecular flexibility index (Phi) is 5.01. The van der Waals surface area contributed by atoms with Crippen LogP contribution in [-0.4, -0.2) is 17.8 Å². The molecule has 2 N–H and O–H groups in total. The highest BCUT2D eigenvalue weighted by Crippen LogP contribution is 2.37. The van der Waals surface area contributed by atoms with E-state index in [1.54, 1.807) is 0 Å². The molecule has 0 aliphatic heterocycles. The number of hydrogen-bond donors (Lipinski definition) is 2. The number of aliphatic hydroxyl groups is 1. The largest absolute Gasteiger partial charge is 0.396 e. The molecule has 2 nitrogen and oxygen atoms in total. The second-order valence-corrected chi connectivity index (χ2v) is 6.10. The first-order valence-electron chi connectivity index (χ1n) is 6.71. The Labute approximate surface area is 108 Å². The SMILES string of the molecule is CC(CCO)NC(c1cccs1)C1CCCC1. The van der Waals surface area contributed by atoms with Crippen molar-refractivity contribution in [3.63, 3.8) is 0 Å². The molecule has 1 aromatic rings. The number of hydrogen-bond acceptors (Lipinski definition) is 3. The van der Waals surface area contributed by atoms with E-state index in [0.717, 1.165) is 12.3 Å². The summed E-state index contributed by atoms with van der Waals surface area (Å²) < 4.78 is 0. The van der Waals surface area contributed by atoms with Crippen LogP contribution < -0.4 is 5.32 Å². The van der Waals surface area contributed by atoms with Gasteiger partial charge in [-0.3, -0.25) is 0 Å². The molecule has 0 saturated heterocycles. The van der Waals surface area contributed by atoms with Gasteiger partial charge in [-0.25, -0.2) is 0 Å². The van der Waals surface area contributed by atoms with Crippen LogP contribution in [0.25, 0.3) is 0 Å². The summed E-state index contributed by atoms with van der Waals surface area (Å²) in [6.45, 7) is 2.45. The molecule has 0 radical (unpaired) electrons. The summed E-state index contributed by atoms with van der Waals surface area (Å²) in [6, 6.07) is 5.28. The Morgan fingerprint density at radius 2 is 2.24 bits per heavy atom. The highest BCUT2D eigenvalue weighted by molar-refractivity contribution is 7.10. The average molecular weight is 253 g/mol. The van der Waals surface area contributed by atoms with E-state index in [4.69, 9.17) is 5.11 Å². The third-order valence-corrected chi connectivity index (χ3v) is 4.70. The monoisotopic (exact) mass is 253 g/mol. The molecule has 3 heteroatoms. The quantitative estimate of drug-likeness (QED) is 0.815. The molecule has 2 atom stereocenters. The minimum atomic E-state index is 0.274. The van der Waals surface area contributed by atoms with E-state index in [-0.39, 0.29) is 6.61 Å². The van der Waals surface area contributed by atoms with Crippen LogP contribution in [0.4, 0.5) is 0 Å². The van der Waals surface area contributed by atoms with Crippen LogP contribution in [0.15, 0.2) is 17.5 Å². The Bertz CT molecular complexity index is 306. The van der Waals surface area contributed by atoms with Crippen molar-refractivity contribution in [2.24, 2.45) is 5.92 Å². The predicted molar refractivity (Wildman–Crippen MR) is 73.3 cm³/mol. The molecule has 0 amide bonds. The fourth-order valence-corrected chi connectivity index (χ4v) is 3.67. The van der Waals surface area contributed by atoms with Crippen LogP contribution in [0, 0.1) is 5.92 Å². The third-order valence-electron chi connectivity index (χ3n) is 3.75. The minimum absolute atomic E-state index is 0.274. The number of rotatable bonds is 6. The van der Waals surface area contributed by atoms with Crippen molar-refractivity contribution in [3.05, 3.63) is 22.4 Å². The predicted octanol–water partition coefficient (Wildman–Crippen LogP) is 3.34.